The van der Waals surface area contributed by atoms with E-state index < -0.39 is 11.6 Å². The molecule has 0 aromatic heterocycles. The van der Waals surface area contributed by atoms with E-state index in [1.54, 1.807) is 7.05 Å². The van der Waals surface area contributed by atoms with Crippen LogP contribution < -0.4 is 5.32 Å². The molecule has 5 heteroatoms. The Balaban J connectivity index is 1.99. The number of amides is 1. The molecule has 1 atom stereocenters. The van der Waals surface area contributed by atoms with Crippen LogP contribution in [0.15, 0.2) is 18.2 Å². The second-order valence-electron chi connectivity index (χ2n) is 4.93. The predicted molar refractivity (Wildman–Crippen MR) is 68.5 cm³/mol. The number of nitrogens with one attached hydrogen (secondary N) is 1. The molecular formula is C14H18F2N2O. The number of likely N-dealkylation sites (N-methyl/N-ethyl adjacent to an activating group) is 1. The van der Waals surface area contributed by atoms with Crippen molar-refractivity contribution >= 4 is 5.91 Å². The lowest BCUT2D eigenvalue weighted by Crippen LogP contribution is -2.47. The van der Waals surface area contributed by atoms with Gasteiger partial charge in [0.2, 0.25) is 5.91 Å². The van der Waals surface area contributed by atoms with Gasteiger partial charge >= 0.3 is 0 Å². The Morgan fingerprint density at radius 1 is 1.42 bits per heavy atom. The van der Waals surface area contributed by atoms with E-state index in [1.165, 1.54) is 17.0 Å². The molecule has 1 aromatic rings. The Hall–Kier alpha value is -1.49. The zero-order valence-electron chi connectivity index (χ0n) is 11.0. The smallest absolute Gasteiger partial charge is 0.239 e. The van der Waals surface area contributed by atoms with Crippen LogP contribution in [0, 0.1) is 11.6 Å². The first-order valence-electron chi connectivity index (χ1n) is 6.50. The van der Waals surface area contributed by atoms with Gasteiger partial charge in [-0.25, -0.2) is 8.78 Å². The summed E-state index contributed by atoms with van der Waals surface area (Å²) in [5, 5.41) is 3.16. The minimum absolute atomic E-state index is 0.0385. The normalized spacial score (nSPS) is 19.2. The molecule has 19 heavy (non-hydrogen) atoms. The van der Waals surface area contributed by atoms with Crippen molar-refractivity contribution in [2.24, 2.45) is 0 Å². The quantitative estimate of drug-likeness (QED) is 0.910. The van der Waals surface area contributed by atoms with Crippen LogP contribution in [0.2, 0.25) is 0 Å². The number of nitrogens with zero attached hydrogens (tertiary/aromatic N) is 1. The number of carbonyl (C=O) groups excluding carboxylic acids is 1. The first kappa shape index (κ1) is 13.9. The van der Waals surface area contributed by atoms with Crippen LogP contribution in [-0.4, -0.2) is 30.4 Å². The second-order valence-corrected chi connectivity index (χ2v) is 4.93. The first-order valence-corrected chi connectivity index (χ1v) is 6.50. The SMILES string of the molecule is CN(Cc1ccc(F)cc1F)C(=O)[C@H]1CCCCN1. The van der Waals surface area contributed by atoms with Gasteiger partial charge in [-0.2, -0.15) is 0 Å². The summed E-state index contributed by atoms with van der Waals surface area (Å²) in [5.41, 5.74) is 0.327. The number of rotatable bonds is 3. The van der Waals surface area contributed by atoms with Gasteiger partial charge in [-0.3, -0.25) is 4.79 Å². The summed E-state index contributed by atoms with van der Waals surface area (Å²) < 4.78 is 26.3. The molecule has 3 nitrogen and oxygen atoms in total. The molecule has 2 rings (SSSR count). The maximum absolute atomic E-state index is 13.5. The molecule has 0 bridgehead atoms. The lowest BCUT2D eigenvalue weighted by molar-refractivity contribution is -0.133. The molecule has 1 N–H and O–H groups in total. The van der Waals surface area contributed by atoms with E-state index in [0.717, 1.165) is 31.9 Å². The van der Waals surface area contributed by atoms with Crippen molar-refractivity contribution in [1.29, 1.82) is 0 Å². The minimum Gasteiger partial charge on any atom is -0.340 e. The lowest BCUT2D eigenvalue weighted by Gasteiger charge is -2.27. The van der Waals surface area contributed by atoms with Crippen molar-refractivity contribution in [3.8, 4) is 0 Å². The molecular weight excluding hydrogens is 250 g/mol. The molecule has 104 valence electrons. The van der Waals surface area contributed by atoms with E-state index in [-0.39, 0.29) is 18.5 Å². The Morgan fingerprint density at radius 3 is 2.84 bits per heavy atom. The van der Waals surface area contributed by atoms with Crippen molar-refractivity contribution in [1.82, 2.24) is 10.2 Å². The van der Waals surface area contributed by atoms with Crippen LogP contribution in [0.1, 0.15) is 24.8 Å². The molecule has 0 aliphatic carbocycles. The molecule has 1 aliphatic heterocycles. The van der Waals surface area contributed by atoms with Crippen molar-refractivity contribution in [2.75, 3.05) is 13.6 Å². The van der Waals surface area contributed by atoms with E-state index in [1.807, 2.05) is 0 Å². The highest BCUT2D eigenvalue weighted by Gasteiger charge is 2.24. The molecule has 1 fully saturated rings. The van der Waals surface area contributed by atoms with Gasteiger partial charge in [-0.05, 0) is 25.5 Å². The molecule has 0 unspecified atom stereocenters. The fourth-order valence-corrected chi connectivity index (χ4v) is 2.31. The van der Waals surface area contributed by atoms with Crippen molar-refractivity contribution in [2.45, 2.75) is 31.8 Å². The van der Waals surface area contributed by atoms with Gasteiger partial charge < -0.3 is 10.2 Å². The van der Waals surface area contributed by atoms with Gasteiger partial charge in [0.05, 0.1) is 6.04 Å². The number of benzene rings is 1. The molecule has 1 saturated heterocycles. The van der Waals surface area contributed by atoms with E-state index >= 15 is 0 Å². The van der Waals surface area contributed by atoms with Gasteiger partial charge in [0, 0.05) is 25.2 Å². The lowest BCUT2D eigenvalue weighted by atomic mass is 10.0. The number of halogens is 2. The third-order valence-corrected chi connectivity index (χ3v) is 3.41. The van der Waals surface area contributed by atoms with Crippen molar-refractivity contribution in [3.05, 3.63) is 35.4 Å². The summed E-state index contributed by atoms with van der Waals surface area (Å²) in [5.74, 6) is -1.26. The Morgan fingerprint density at radius 2 is 2.21 bits per heavy atom. The van der Waals surface area contributed by atoms with Gasteiger partial charge in [0.15, 0.2) is 0 Å². The van der Waals surface area contributed by atoms with Crippen LogP contribution in [0.4, 0.5) is 8.78 Å². The summed E-state index contributed by atoms with van der Waals surface area (Å²) >= 11 is 0. The highest BCUT2D eigenvalue weighted by atomic mass is 19.1. The minimum atomic E-state index is -0.615. The maximum Gasteiger partial charge on any atom is 0.239 e. The number of piperidine rings is 1. The fraction of sp³-hybridized carbons (Fsp3) is 0.500. The van der Waals surface area contributed by atoms with Gasteiger partial charge in [-0.1, -0.05) is 12.5 Å². The topological polar surface area (TPSA) is 32.3 Å². The third-order valence-electron chi connectivity index (χ3n) is 3.41. The van der Waals surface area contributed by atoms with Gasteiger partial charge in [0.1, 0.15) is 11.6 Å². The van der Waals surface area contributed by atoms with Crippen LogP contribution in [0.25, 0.3) is 0 Å². The van der Waals surface area contributed by atoms with Gasteiger partial charge in [-0.15, -0.1) is 0 Å². The Labute approximate surface area is 111 Å². The zero-order chi connectivity index (χ0) is 13.8. The number of hydrogen-bond donors (Lipinski definition) is 1. The van der Waals surface area contributed by atoms with Crippen LogP contribution in [-0.2, 0) is 11.3 Å². The molecule has 1 amide bonds. The fourth-order valence-electron chi connectivity index (χ4n) is 2.31. The average molecular weight is 268 g/mol. The van der Waals surface area contributed by atoms with E-state index in [2.05, 4.69) is 5.32 Å². The second kappa shape index (κ2) is 6.10. The van der Waals surface area contributed by atoms with E-state index in [0.29, 0.717) is 5.56 Å². The van der Waals surface area contributed by atoms with Gasteiger partial charge in [0.25, 0.3) is 0 Å². The average Bonchev–Trinajstić information content (AvgIpc) is 2.42. The van der Waals surface area contributed by atoms with Crippen LogP contribution in [0.5, 0.6) is 0 Å². The highest BCUT2D eigenvalue weighted by Crippen LogP contribution is 2.14. The number of carbonyl (C=O) groups is 1. The third kappa shape index (κ3) is 3.50. The van der Waals surface area contributed by atoms with E-state index in [4.69, 9.17) is 0 Å². The summed E-state index contributed by atoms with van der Waals surface area (Å²) in [4.78, 5) is 13.6. The Bertz CT molecular complexity index is 459. The molecule has 0 spiro atoms. The summed E-state index contributed by atoms with van der Waals surface area (Å²) in [6.45, 7) is 0.998. The first-order chi connectivity index (χ1) is 9.08. The monoisotopic (exact) mass is 268 g/mol. The molecule has 0 saturated carbocycles. The van der Waals surface area contributed by atoms with E-state index in [9.17, 15) is 13.6 Å². The molecule has 1 heterocycles. The summed E-state index contributed by atoms with van der Waals surface area (Å²) in [6, 6.07) is 3.24. The van der Waals surface area contributed by atoms with Crippen molar-refractivity contribution < 1.29 is 13.6 Å². The molecule has 1 aliphatic rings. The predicted octanol–water partition coefficient (Wildman–Crippen LogP) is 2.07. The standard InChI is InChI=1S/C14H18F2N2O/c1-18(14(19)13-4-2-3-7-17-13)9-10-5-6-11(15)8-12(10)16/h5-6,8,13,17H,2-4,7,9H2,1H3/t13-/m1/s1. The zero-order valence-corrected chi connectivity index (χ0v) is 11.0. The number of hydrogen-bond acceptors (Lipinski definition) is 2. The van der Waals surface area contributed by atoms with Crippen LogP contribution in [0.3, 0.4) is 0 Å². The van der Waals surface area contributed by atoms with Crippen molar-refractivity contribution in [3.63, 3.8) is 0 Å². The molecule has 0 radical (unpaired) electrons. The molecule has 1 aromatic carbocycles. The maximum atomic E-state index is 13.5. The Kier molecular flexibility index (Phi) is 4.47. The highest BCUT2D eigenvalue weighted by molar-refractivity contribution is 5.81. The largest absolute Gasteiger partial charge is 0.340 e. The summed E-state index contributed by atoms with van der Waals surface area (Å²) in [7, 11) is 1.64. The van der Waals surface area contributed by atoms with Crippen LogP contribution >= 0.6 is 0 Å². The summed E-state index contributed by atoms with van der Waals surface area (Å²) in [6.07, 6.45) is 2.93.